The third kappa shape index (κ3) is 19.5. The van der Waals surface area contributed by atoms with Crippen molar-refractivity contribution in [1.82, 2.24) is 19.1 Å². The van der Waals surface area contributed by atoms with Crippen LogP contribution in [0, 0.1) is 20.4 Å². The van der Waals surface area contributed by atoms with Gasteiger partial charge in [-0.05, 0) is 49.4 Å². The van der Waals surface area contributed by atoms with Crippen LogP contribution in [0.4, 0.5) is 0 Å². The Kier molecular flexibility index (Phi) is 27.2. The average Bonchev–Trinajstić information content (AvgIpc) is 4.05. The fourth-order valence-corrected chi connectivity index (χ4v) is 11.0. The van der Waals surface area contributed by atoms with Crippen molar-refractivity contribution in [2.45, 2.75) is 205 Å². The summed E-state index contributed by atoms with van der Waals surface area (Å²) in [6.45, 7) is 14.4. The molecule has 5 rings (SSSR count). The number of nitrogens with zero attached hydrogens (tertiary/aromatic N) is 3. The van der Waals surface area contributed by atoms with Crippen LogP contribution in [0.25, 0.3) is 4.85 Å². The van der Waals surface area contributed by atoms with E-state index >= 15 is 0 Å². The van der Waals surface area contributed by atoms with Crippen molar-refractivity contribution >= 4 is 19.8 Å². The first-order valence-electron chi connectivity index (χ1n) is 27.6. The Hall–Kier alpha value is -5.24. The summed E-state index contributed by atoms with van der Waals surface area (Å²) in [5.74, 6) is -0.838. The quantitative estimate of drug-likeness (QED) is 0.0237. The number of aromatic amines is 2. The first-order chi connectivity index (χ1) is 37.6. The van der Waals surface area contributed by atoms with Crippen molar-refractivity contribution in [1.29, 1.82) is 0 Å². The van der Waals surface area contributed by atoms with Crippen LogP contribution in [0.5, 0.6) is 5.75 Å². The molecule has 3 unspecified atom stereocenters. The van der Waals surface area contributed by atoms with E-state index in [2.05, 4.69) is 21.7 Å². The van der Waals surface area contributed by atoms with E-state index in [1.165, 1.54) is 110 Å². The van der Waals surface area contributed by atoms with Crippen LogP contribution < -0.4 is 27.2 Å². The molecule has 9 atom stereocenters. The summed E-state index contributed by atoms with van der Waals surface area (Å²) < 4.78 is 75.6. The van der Waals surface area contributed by atoms with Crippen molar-refractivity contribution in [2.75, 3.05) is 40.6 Å². The Labute approximate surface area is 456 Å². The Balaban J connectivity index is 1.15. The molecule has 2 N–H and O–H groups in total. The molecule has 434 valence electrons. The second-order valence-corrected chi connectivity index (χ2v) is 21.4. The molecule has 0 spiro atoms. The lowest BCUT2D eigenvalue weighted by molar-refractivity contribution is -0.160. The maximum atomic E-state index is 14.6. The van der Waals surface area contributed by atoms with Crippen LogP contribution in [0.15, 0.2) is 55.8 Å². The van der Waals surface area contributed by atoms with Gasteiger partial charge in [0.2, 0.25) is 6.54 Å². The molecule has 3 aromatic rings. The van der Waals surface area contributed by atoms with Crippen LogP contribution in [0.3, 0.4) is 0 Å². The van der Waals surface area contributed by atoms with Gasteiger partial charge < -0.3 is 38.0 Å². The van der Waals surface area contributed by atoms with Crippen molar-refractivity contribution in [3.63, 3.8) is 0 Å². The van der Waals surface area contributed by atoms with Crippen molar-refractivity contribution in [3.8, 4) is 5.75 Å². The Bertz CT molecular complexity index is 2660. The van der Waals surface area contributed by atoms with Crippen LogP contribution in [-0.2, 0) is 62.8 Å². The van der Waals surface area contributed by atoms with E-state index in [9.17, 15) is 33.3 Å². The lowest BCUT2D eigenvalue weighted by Gasteiger charge is -2.28. The third-order valence-corrected chi connectivity index (χ3v) is 15.5. The lowest BCUT2D eigenvalue weighted by atomic mass is 10.0. The van der Waals surface area contributed by atoms with Gasteiger partial charge in [0.25, 0.3) is 11.1 Å². The smallest absolute Gasteiger partial charge is 0.475 e. The number of nitrogens with one attached hydrogen (secondary N) is 2. The van der Waals surface area contributed by atoms with Crippen molar-refractivity contribution in [3.05, 3.63) is 106 Å². The number of benzene rings is 1. The van der Waals surface area contributed by atoms with E-state index < -0.39 is 111 Å². The molecule has 4 heterocycles. The fourth-order valence-electron chi connectivity index (χ4n) is 9.58. The molecule has 2 aliphatic heterocycles. The van der Waals surface area contributed by atoms with Gasteiger partial charge in [-0.15, -0.1) is 0 Å². The number of rotatable bonds is 37. The van der Waals surface area contributed by atoms with Gasteiger partial charge in [-0.3, -0.25) is 51.9 Å². The minimum Gasteiger partial charge on any atom is -0.493 e. The SMILES string of the molecule is [C-]#[N+]CCOP(=O)(OC[C@H]1OC(n2ccc(=O)[nH]c2=O)[C@@H](OC)[C@H]1OC(=O)CCC(=O)OCc1cc(C)c(C)c(OCCCCCCCCCCCCCCCCCC)c1)O[C@@H]1[C@H](OC)C(n2ccc(=O)[nH]c2=O)O[C@@H]1CC. The Morgan fingerprint density at radius 2 is 1.21 bits per heavy atom. The minimum atomic E-state index is -4.77. The zero-order chi connectivity index (χ0) is 56.5. The second kappa shape index (κ2) is 33.4. The number of phosphoric acid groups is 1. The monoisotopic (exact) mass is 1120 g/mol. The summed E-state index contributed by atoms with van der Waals surface area (Å²) >= 11 is 0. The van der Waals surface area contributed by atoms with Crippen LogP contribution in [0.2, 0.25) is 0 Å². The highest BCUT2D eigenvalue weighted by atomic mass is 31.2. The lowest BCUT2D eigenvalue weighted by Crippen LogP contribution is -2.41. The minimum absolute atomic E-state index is 0.0644. The molecule has 22 nitrogen and oxygen atoms in total. The third-order valence-electron chi connectivity index (χ3n) is 14.0. The van der Waals surface area contributed by atoms with Gasteiger partial charge in [0.1, 0.15) is 43.4 Å². The summed E-state index contributed by atoms with van der Waals surface area (Å²) in [4.78, 5) is 83.8. The maximum absolute atomic E-state index is 14.6. The van der Waals surface area contributed by atoms with Crippen LogP contribution in [-0.4, -0.2) is 108 Å². The zero-order valence-electron chi connectivity index (χ0n) is 46.3. The van der Waals surface area contributed by atoms with Gasteiger partial charge in [-0.1, -0.05) is 116 Å². The standard InChI is InChI=1S/C55H82N5O17P/c1-8-10-11-12-13-14-15-16-17-18-19-20-21-22-23-24-32-70-42-35-40(34-38(3)39(42)4)36-71-46(63)25-26-47(64)76-48-43(75-52(50(48)68-6)59-30-27-44(61)57-54(59)65)37-73-78(67,72-33-29-56-5)77-49-41(9-2)74-53(51(49)69-7)60-31-28-45(62)58-55(60)66/h27-28,30-31,34-35,41,43,48-53H,8-26,29,32-33,36-37H2,1-4,6-7H3,(H,57,61,65)(H,58,62,66)/t41-,43-,48+,49+,50+,51+,52?,53?,78?/m1/s1. The van der Waals surface area contributed by atoms with E-state index in [1.54, 1.807) is 6.92 Å². The number of carbonyl (C=O) groups excluding carboxylic acids is 2. The predicted octanol–water partition coefficient (Wildman–Crippen LogP) is 8.46. The topological polar surface area (TPSA) is 258 Å². The van der Waals surface area contributed by atoms with E-state index in [0.717, 1.165) is 62.7 Å². The Morgan fingerprint density at radius 3 is 1.73 bits per heavy atom. The van der Waals surface area contributed by atoms with Gasteiger partial charge in [0.15, 0.2) is 18.6 Å². The predicted molar refractivity (Wildman–Crippen MR) is 288 cm³/mol. The molecule has 2 saturated heterocycles. The molecule has 2 aliphatic rings. The number of methoxy groups -OCH3 is 2. The van der Waals surface area contributed by atoms with Crippen molar-refractivity contribution in [2.24, 2.45) is 0 Å². The van der Waals surface area contributed by atoms with Crippen molar-refractivity contribution < 1.29 is 60.9 Å². The molecule has 23 heteroatoms. The number of unbranched alkanes of at least 4 members (excludes halogenated alkanes) is 15. The molecule has 0 amide bonds. The molecule has 2 aromatic heterocycles. The number of hydrogen-bond donors (Lipinski definition) is 2. The molecule has 0 saturated carbocycles. The highest BCUT2D eigenvalue weighted by Crippen LogP contribution is 2.54. The van der Waals surface area contributed by atoms with Gasteiger partial charge in [-0.2, -0.15) is 0 Å². The van der Waals surface area contributed by atoms with Gasteiger partial charge in [-0.25, -0.2) is 20.7 Å². The number of aromatic nitrogens is 4. The molecule has 1 aromatic carbocycles. The van der Waals surface area contributed by atoms with Crippen LogP contribution in [0.1, 0.15) is 165 Å². The summed E-state index contributed by atoms with van der Waals surface area (Å²) in [6.07, 6.45) is 12.7. The van der Waals surface area contributed by atoms with E-state index in [4.69, 9.17) is 53.3 Å². The summed E-state index contributed by atoms with van der Waals surface area (Å²) in [7, 11) is -2.19. The Morgan fingerprint density at radius 1 is 0.679 bits per heavy atom. The summed E-state index contributed by atoms with van der Waals surface area (Å²) in [6, 6.07) is 5.97. The van der Waals surface area contributed by atoms with E-state index in [-0.39, 0.29) is 26.0 Å². The van der Waals surface area contributed by atoms with E-state index in [0.29, 0.717) is 6.61 Å². The summed E-state index contributed by atoms with van der Waals surface area (Å²) in [5.41, 5.74) is -0.318. The number of carbonyl (C=O) groups is 2. The first-order valence-corrected chi connectivity index (χ1v) is 29.1. The molecule has 0 aliphatic carbocycles. The highest BCUT2D eigenvalue weighted by molar-refractivity contribution is 7.48. The number of hydrogen-bond acceptors (Lipinski definition) is 17. The zero-order valence-corrected chi connectivity index (χ0v) is 47.2. The molecule has 0 radical (unpaired) electrons. The number of ether oxygens (including phenoxy) is 7. The maximum Gasteiger partial charge on any atom is 0.475 e. The van der Waals surface area contributed by atoms with Gasteiger partial charge in [0, 0.05) is 38.7 Å². The van der Waals surface area contributed by atoms with Crippen LogP contribution >= 0.6 is 7.82 Å². The number of phosphoric ester groups is 1. The summed E-state index contributed by atoms with van der Waals surface area (Å²) in [5, 5.41) is 0. The normalized spacial score (nSPS) is 21.8. The number of esters is 2. The number of H-pyrrole nitrogens is 2. The van der Waals surface area contributed by atoms with Gasteiger partial charge >= 0.3 is 31.1 Å². The molecular formula is C55H82N5O17P. The number of aryl methyl sites for hydroxylation is 1. The molecule has 0 bridgehead atoms. The second-order valence-electron chi connectivity index (χ2n) is 19.8. The average molecular weight is 1120 g/mol. The van der Waals surface area contributed by atoms with E-state index in [1.807, 2.05) is 26.0 Å². The first kappa shape index (κ1) is 63.6. The van der Waals surface area contributed by atoms with Gasteiger partial charge in [0.05, 0.1) is 32.2 Å². The molecule has 78 heavy (non-hydrogen) atoms. The highest BCUT2D eigenvalue weighted by Gasteiger charge is 2.53. The fraction of sp³-hybridized carbons (Fsp3) is 0.691. The molecular weight excluding hydrogens is 1030 g/mol. The largest absolute Gasteiger partial charge is 0.493 e. The molecule has 2 fully saturated rings.